The molecule has 1 aliphatic rings. The van der Waals surface area contributed by atoms with Crippen LogP contribution in [-0.4, -0.2) is 28.9 Å². The molecule has 1 aliphatic heterocycles. The first-order valence-electron chi connectivity index (χ1n) is 9.55. The maximum Gasteiger partial charge on any atom is 0.174 e. The first-order valence-corrected chi connectivity index (χ1v) is 9.96. The maximum atomic E-state index is 5.80. The third-order valence-corrected chi connectivity index (χ3v) is 5.57. The Bertz CT molecular complexity index is 1010. The fraction of sp³-hybridized carbons (Fsp3) is 0.273. The number of rotatable bonds is 6. The van der Waals surface area contributed by atoms with Gasteiger partial charge < -0.3 is 24.3 Å². The molecule has 0 spiro atoms. The fourth-order valence-electron chi connectivity index (χ4n) is 3.88. The Labute approximate surface area is 176 Å². The predicted octanol–water partition coefficient (Wildman–Crippen LogP) is 4.10. The minimum Gasteiger partial charge on any atom is -0.497 e. The number of pyridine rings is 1. The normalized spacial score (nSPS) is 18.6. The van der Waals surface area contributed by atoms with Crippen molar-refractivity contribution in [2.75, 3.05) is 19.1 Å². The molecule has 0 amide bonds. The summed E-state index contributed by atoms with van der Waals surface area (Å²) in [5.41, 5.74) is 2.95. The number of anilines is 1. The Morgan fingerprint density at radius 1 is 1.10 bits per heavy atom. The summed E-state index contributed by atoms with van der Waals surface area (Å²) in [6, 6.07) is 15.7. The minimum absolute atomic E-state index is 0.0895. The van der Waals surface area contributed by atoms with Gasteiger partial charge in [-0.2, -0.15) is 0 Å². The molecular formula is C22H24N4O2S. The van der Waals surface area contributed by atoms with Gasteiger partial charge in [0.05, 0.1) is 31.6 Å². The van der Waals surface area contributed by atoms with Crippen LogP contribution in [0.3, 0.4) is 0 Å². The first-order chi connectivity index (χ1) is 14.2. The van der Waals surface area contributed by atoms with Gasteiger partial charge in [0.15, 0.2) is 5.11 Å². The molecule has 1 aromatic carbocycles. The largest absolute Gasteiger partial charge is 0.497 e. The number of benzene rings is 1. The van der Waals surface area contributed by atoms with Gasteiger partial charge in [-0.25, -0.2) is 0 Å². The lowest BCUT2D eigenvalue weighted by Crippen LogP contribution is -2.30. The van der Waals surface area contributed by atoms with Crippen LogP contribution in [0.25, 0.3) is 0 Å². The van der Waals surface area contributed by atoms with E-state index in [0.29, 0.717) is 5.11 Å². The highest BCUT2D eigenvalue weighted by molar-refractivity contribution is 7.80. The number of ether oxygens (including phenoxy) is 2. The molecule has 1 N–H and O–H groups in total. The molecule has 0 bridgehead atoms. The smallest absolute Gasteiger partial charge is 0.174 e. The fourth-order valence-corrected chi connectivity index (χ4v) is 4.22. The van der Waals surface area contributed by atoms with E-state index in [2.05, 4.69) is 45.0 Å². The molecule has 3 heterocycles. The molecule has 0 aliphatic carbocycles. The second-order valence-electron chi connectivity index (χ2n) is 6.75. The molecule has 1 fully saturated rings. The second-order valence-corrected chi connectivity index (χ2v) is 7.14. The van der Waals surface area contributed by atoms with Crippen LogP contribution in [0.5, 0.6) is 11.5 Å². The highest BCUT2D eigenvalue weighted by Gasteiger charge is 2.43. The van der Waals surface area contributed by atoms with Crippen LogP contribution < -0.4 is 19.7 Å². The van der Waals surface area contributed by atoms with Crippen LogP contribution in [0.1, 0.15) is 30.4 Å². The SMILES string of the molecule is CCn1cccc1C1C(c2ccccn2)NC(=S)N1c1cc(OC)ccc1OC. The van der Waals surface area contributed by atoms with E-state index in [0.717, 1.165) is 35.1 Å². The van der Waals surface area contributed by atoms with Gasteiger partial charge in [-0.3, -0.25) is 4.98 Å². The lowest BCUT2D eigenvalue weighted by atomic mass is 10.0. The van der Waals surface area contributed by atoms with Gasteiger partial charge in [0, 0.05) is 30.7 Å². The number of aromatic nitrogens is 2. The monoisotopic (exact) mass is 408 g/mol. The number of methoxy groups -OCH3 is 2. The van der Waals surface area contributed by atoms with Crippen LogP contribution >= 0.6 is 12.2 Å². The molecule has 3 aromatic rings. The summed E-state index contributed by atoms with van der Waals surface area (Å²) in [4.78, 5) is 6.71. The van der Waals surface area contributed by atoms with E-state index in [1.54, 1.807) is 14.2 Å². The van der Waals surface area contributed by atoms with E-state index >= 15 is 0 Å². The van der Waals surface area contributed by atoms with E-state index in [9.17, 15) is 0 Å². The van der Waals surface area contributed by atoms with Crippen molar-refractivity contribution in [2.24, 2.45) is 0 Å². The summed E-state index contributed by atoms with van der Waals surface area (Å²) in [5.74, 6) is 1.48. The van der Waals surface area contributed by atoms with Gasteiger partial charge >= 0.3 is 0 Å². The molecule has 7 heteroatoms. The van der Waals surface area contributed by atoms with Crippen LogP contribution in [0.2, 0.25) is 0 Å². The van der Waals surface area contributed by atoms with Gasteiger partial charge in [0.2, 0.25) is 0 Å². The summed E-state index contributed by atoms with van der Waals surface area (Å²) in [6.45, 7) is 3.00. The van der Waals surface area contributed by atoms with Gasteiger partial charge in [0.25, 0.3) is 0 Å². The summed E-state index contributed by atoms with van der Waals surface area (Å²) in [7, 11) is 3.32. The van der Waals surface area contributed by atoms with Crippen LogP contribution in [0, 0.1) is 0 Å². The van der Waals surface area contributed by atoms with Crippen LogP contribution in [-0.2, 0) is 6.54 Å². The Hall–Kier alpha value is -3.06. The standard InChI is InChI=1S/C22H24N4O2S/c1-4-25-13-7-9-17(25)21-20(16-8-5-6-12-23-16)24-22(29)26(21)18-14-15(27-2)10-11-19(18)28-3/h5-14,20-21H,4H2,1-3H3,(H,24,29). The number of aryl methyl sites for hydroxylation is 1. The van der Waals surface area contributed by atoms with Gasteiger partial charge in [-0.1, -0.05) is 6.07 Å². The molecule has 6 nitrogen and oxygen atoms in total. The van der Waals surface area contributed by atoms with Gasteiger partial charge in [-0.05, 0) is 55.5 Å². The van der Waals surface area contributed by atoms with E-state index in [1.165, 1.54) is 0 Å². The summed E-state index contributed by atoms with van der Waals surface area (Å²) in [5, 5.41) is 4.11. The summed E-state index contributed by atoms with van der Waals surface area (Å²) < 4.78 is 13.4. The topological polar surface area (TPSA) is 51.6 Å². The molecule has 0 saturated carbocycles. The molecule has 0 radical (unpaired) electrons. The Morgan fingerprint density at radius 2 is 1.97 bits per heavy atom. The van der Waals surface area contributed by atoms with Crippen molar-refractivity contribution >= 4 is 23.0 Å². The van der Waals surface area contributed by atoms with E-state index < -0.39 is 0 Å². The lowest BCUT2D eigenvalue weighted by molar-refractivity contribution is 0.402. The van der Waals surface area contributed by atoms with Crippen molar-refractivity contribution in [1.82, 2.24) is 14.9 Å². The number of nitrogens with one attached hydrogen (secondary N) is 1. The zero-order chi connectivity index (χ0) is 20.4. The van der Waals surface area contributed by atoms with Gasteiger partial charge in [-0.15, -0.1) is 0 Å². The minimum atomic E-state index is -0.0974. The molecule has 2 aromatic heterocycles. The van der Waals surface area contributed by atoms with Crippen molar-refractivity contribution < 1.29 is 9.47 Å². The molecule has 1 saturated heterocycles. The predicted molar refractivity (Wildman–Crippen MR) is 118 cm³/mol. The lowest BCUT2D eigenvalue weighted by Gasteiger charge is -2.30. The van der Waals surface area contributed by atoms with Crippen LogP contribution in [0.4, 0.5) is 5.69 Å². The second kappa shape index (κ2) is 8.13. The first kappa shape index (κ1) is 19.3. The average molecular weight is 409 g/mol. The molecule has 4 rings (SSSR count). The van der Waals surface area contributed by atoms with Crippen molar-refractivity contribution in [2.45, 2.75) is 25.6 Å². The highest BCUT2D eigenvalue weighted by Crippen LogP contribution is 2.45. The zero-order valence-corrected chi connectivity index (χ0v) is 17.5. The van der Waals surface area contributed by atoms with Crippen LogP contribution in [0.15, 0.2) is 60.9 Å². The summed E-state index contributed by atoms with van der Waals surface area (Å²) >= 11 is 5.80. The highest BCUT2D eigenvalue weighted by atomic mass is 32.1. The van der Waals surface area contributed by atoms with E-state index in [4.69, 9.17) is 21.7 Å². The molecule has 150 valence electrons. The number of thiocarbonyl (C=S) groups is 1. The van der Waals surface area contributed by atoms with E-state index in [1.807, 2.05) is 42.6 Å². The zero-order valence-electron chi connectivity index (χ0n) is 16.7. The molecule has 2 atom stereocenters. The Kier molecular flexibility index (Phi) is 5.40. The third kappa shape index (κ3) is 3.42. The number of hydrogen-bond donors (Lipinski definition) is 1. The maximum absolute atomic E-state index is 5.80. The Balaban J connectivity index is 1.89. The van der Waals surface area contributed by atoms with Crippen molar-refractivity contribution in [3.05, 3.63) is 72.3 Å². The Morgan fingerprint density at radius 3 is 2.66 bits per heavy atom. The van der Waals surface area contributed by atoms with Gasteiger partial charge in [0.1, 0.15) is 17.5 Å². The van der Waals surface area contributed by atoms with E-state index in [-0.39, 0.29) is 12.1 Å². The van der Waals surface area contributed by atoms with Crippen molar-refractivity contribution in [1.29, 1.82) is 0 Å². The summed E-state index contributed by atoms with van der Waals surface area (Å²) in [6.07, 6.45) is 3.90. The number of nitrogens with zero attached hydrogens (tertiary/aromatic N) is 3. The molecule has 29 heavy (non-hydrogen) atoms. The molecular weight excluding hydrogens is 384 g/mol. The van der Waals surface area contributed by atoms with Crippen molar-refractivity contribution in [3.8, 4) is 11.5 Å². The average Bonchev–Trinajstić information content (AvgIpc) is 3.37. The van der Waals surface area contributed by atoms with Crippen molar-refractivity contribution in [3.63, 3.8) is 0 Å². The quantitative estimate of drug-likeness (QED) is 0.620. The third-order valence-electron chi connectivity index (χ3n) is 5.25. The number of hydrogen-bond acceptors (Lipinski definition) is 4. The molecule has 2 unspecified atom stereocenters.